The molecule has 3 rings (SSSR count). The van der Waals surface area contributed by atoms with E-state index in [0.29, 0.717) is 18.0 Å². The molecule has 0 radical (unpaired) electrons. The number of hydrogen-bond acceptors (Lipinski definition) is 3. The lowest BCUT2D eigenvalue weighted by molar-refractivity contribution is -0.123. The number of likely N-dealkylation sites (N-methyl/N-ethyl adjacent to an activating group) is 1. The second kappa shape index (κ2) is 5.98. The fourth-order valence-electron chi connectivity index (χ4n) is 3.05. The normalized spacial score (nSPS) is 17.5. The lowest BCUT2D eigenvalue weighted by Crippen LogP contribution is -2.28. The molecule has 0 saturated carbocycles. The van der Waals surface area contributed by atoms with Gasteiger partial charge in [-0.15, -0.1) is 0 Å². The Morgan fingerprint density at radius 2 is 1.91 bits per heavy atom. The summed E-state index contributed by atoms with van der Waals surface area (Å²) in [7, 11) is -1.81. The largest absolute Gasteiger partial charge is 0.357 e. The second-order valence-electron chi connectivity index (χ2n) is 5.85. The maximum absolute atomic E-state index is 12.6. The van der Waals surface area contributed by atoms with Crippen molar-refractivity contribution in [1.29, 1.82) is 0 Å². The number of aromatic nitrogens is 1. The molecule has 1 aliphatic rings. The molecule has 7 heteroatoms. The number of fused-ring (bicyclic) bond motifs is 1. The minimum Gasteiger partial charge on any atom is -0.357 e. The molecule has 23 heavy (non-hydrogen) atoms. The highest BCUT2D eigenvalue weighted by Crippen LogP contribution is 2.26. The Kier molecular flexibility index (Phi) is 4.16. The van der Waals surface area contributed by atoms with Crippen LogP contribution in [0.5, 0.6) is 0 Å². The van der Waals surface area contributed by atoms with Crippen LogP contribution in [0.15, 0.2) is 35.4 Å². The molecule has 6 nitrogen and oxygen atoms in total. The number of sulfonamides is 1. The SMILES string of the molecule is CNC(=O)[C@@H](C)n1ccc2cc(S(=O)(=O)N3CCCC3)ccc21. The van der Waals surface area contributed by atoms with E-state index in [1.165, 1.54) is 4.31 Å². The van der Waals surface area contributed by atoms with Gasteiger partial charge in [-0.2, -0.15) is 4.31 Å². The number of hydrogen-bond donors (Lipinski definition) is 1. The summed E-state index contributed by atoms with van der Waals surface area (Å²) < 4.78 is 28.6. The molecule has 1 atom stereocenters. The average molecular weight is 335 g/mol. The molecule has 0 unspecified atom stereocenters. The van der Waals surface area contributed by atoms with E-state index in [2.05, 4.69) is 5.32 Å². The van der Waals surface area contributed by atoms with Crippen molar-refractivity contribution in [2.75, 3.05) is 20.1 Å². The van der Waals surface area contributed by atoms with Gasteiger partial charge in [0.2, 0.25) is 15.9 Å². The number of carbonyl (C=O) groups is 1. The molecule has 1 aliphatic heterocycles. The number of carbonyl (C=O) groups excluding carboxylic acids is 1. The van der Waals surface area contributed by atoms with Gasteiger partial charge in [0.25, 0.3) is 0 Å². The summed E-state index contributed by atoms with van der Waals surface area (Å²) in [5.41, 5.74) is 0.849. The van der Waals surface area contributed by atoms with E-state index < -0.39 is 10.0 Å². The molecule has 0 aliphatic carbocycles. The summed E-state index contributed by atoms with van der Waals surface area (Å²) in [4.78, 5) is 12.1. The van der Waals surface area contributed by atoms with Crippen LogP contribution in [0.25, 0.3) is 10.9 Å². The van der Waals surface area contributed by atoms with Crippen LogP contribution >= 0.6 is 0 Å². The van der Waals surface area contributed by atoms with E-state index in [1.54, 1.807) is 25.2 Å². The van der Waals surface area contributed by atoms with Crippen LogP contribution in [0.2, 0.25) is 0 Å². The van der Waals surface area contributed by atoms with Gasteiger partial charge >= 0.3 is 0 Å². The van der Waals surface area contributed by atoms with Gasteiger partial charge in [0, 0.05) is 37.2 Å². The third-order valence-electron chi connectivity index (χ3n) is 4.44. The van der Waals surface area contributed by atoms with Crippen LogP contribution in [0.3, 0.4) is 0 Å². The van der Waals surface area contributed by atoms with Crippen LogP contribution in [-0.2, 0) is 14.8 Å². The highest BCUT2D eigenvalue weighted by atomic mass is 32.2. The molecular weight excluding hydrogens is 314 g/mol. The van der Waals surface area contributed by atoms with Crippen molar-refractivity contribution in [3.05, 3.63) is 30.5 Å². The second-order valence-corrected chi connectivity index (χ2v) is 7.78. The minimum atomic E-state index is -3.42. The standard InChI is InChI=1S/C16H21N3O3S/c1-12(16(20)17-2)19-10-7-13-11-14(5-6-15(13)19)23(21,22)18-8-3-4-9-18/h5-7,10-12H,3-4,8-9H2,1-2H3,(H,17,20)/t12-/m1/s1. The maximum atomic E-state index is 12.6. The number of benzene rings is 1. The first-order valence-corrected chi connectivity index (χ1v) is 9.21. The number of nitrogens with one attached hydrogen (secondary N) is 1. The monoisotopic (exact) mass is 335 g/mol. The molecule has 2 heterocycles. The molecular formula is C16H21N3O3S. The zero-order chi connectivity index (χ0) is 16.6. The van der Waals surface area contributed by atoms with E-state index >= 15 is 0 Å². The quantitative estimate of drug-likeness (QED) is 0.925. The Balaban J connectivity index is 2.00. The third-order valence-corrected chi connectivity index (χ3v) is 6.33. The Morgan fingerprint density at radius 1 is 1.22 bits per heavy atom. The van der Waals surface area contributed by atoms with Gasteiger partial charge in [0.05, 0.1) is 4.90 Å². The summed E-state index contributed by atoms with van der Waals surface area (Å²) in [5, 5.41) is 3.45. The van der Waals surface area contributed by atoms with Gasteiger partial charge in [-0.3, -0.25) is 4.79 Å². The van der Waals surface area contributed by atoms with Gasteiger partial charge in [-0.25, -0.2) is 8.42 Å². The first-order chi connectivity index (χ1) is 10.9. The summed E-state index contributed by atoms with van der Waals surface area (Å²) in [6.07, 6.45) is 3.65. The van der Waals surface area contributed by atoms with Crippen LogP contribution in [0, 0.1) is 0 Å². The van der Waals surface area contributed by atoms with Gasteiger partial charge in [-0.05, 0) is 44.0 Å². The lowest BCUT2D eigenvalue weighted by atomic mass is 10.2. The molecule has 1 aromatic carbocycles. The molecule has 1 saturated heterocycles. The fraction of sp³-hybridized carbons (Fsp3) is 0.438. The first-order valence-electron chi connectivity index (χ1n) is 7.77. The Hall–Kier alpha value is -1.86. The summed E-state index contributed by atoms with van der Waals surface area (Å²) in [6.45, 7) is 3.00. The Bertz CT molecular complexity index is 835. The van der Waals surface area contributed by atoms with Crippen LogP contribution in [0.1, 0.15) is 25.8 Å². The fourth-order valence-corrected chi connectivity index (χ4v) is 4.61. The third kappa shape index (κ3) is 2.74. The maximum Gasteiger partial charge on any atom is 0.243 e. The highest BCUT2D eigenvalue weighted by molar-refractivity contribution is 7.89. The summed E-state index contributed by atoms with van der Waals surface area (Å²) >= 11 is 0. The number of nitrogens with zero attached hydrogens (tertiary/aromatic N) is 2. The van der Waals surface area contributed by atoms with E-state index in [1.807, 2.05) is 23.8 Å². The number of rotatable bonds is 4. The van der Waals surface area contributed by atoms with Gasteiger partial charge in [0.15, 0.2) is 0 Å². The van der Waals surface area contributed by atoms with Crippen molar-refractivity contribution in [2.45, 2.75) is 30.7 Å². The van der Waals surface area contributed by atoms with E-state index in [9.17, 15) is 13.2 Å². The van der Waals surface area contributed by atoms with Crippen molar-refractivity contribution in [3.8, 4) is 0 Å². The predicted molar refractivity (Wildman–Crippen MR) is 88.7 cm³/mol. The lowest BCUT2D eigenvalue weighted by Gasteiger charge is -2.16. The van der Waals surface area contributed by atoms with Crippen LogP contribution < -0.4 is 5.32 Å². The topological polar surface area (TPSA) is 71.4 Å². The Labute approximate surface area is 136 Å². The summed E-state index contributed by atoms with van der Waals surface area (Å²) in [6, 6.07) is 6.59. The molecule has 1 fully saturated rings. The van der Waals surface area contributed by atoms with E-state index in [0.717, 1.165) is 23.7 Å². The smallest absolute Gasteiger partial charge is 0.243 e. The predicted octanol–water partition coefficient (Wildman–Crippen LogP) is 1.73. The number of amides is 1. The zero-order valence-electron chi connectivity index (χ0n) is 13.3. The molecule has 124 valence electrons. The van der Waals surface area contributed by atoms with E-state index in [-0.39, 0.29) is 11.9 Å². The zero-order valence-corrected chi connectivity index (χ0v) is 14.1. The van der Waals surface area contributed by atoms with Crippen molar-refractivity contribution in [1.82, 2.24) is 14.2 Å². The minimum absolute atomic E-state index is 0.0868. The van der Waals surface area contributed by atoms with Crippen molar-refractivity contribution < 1.29 is 13.2 Å². The molecule has 0 bridgehead atoms. The summed E-state index contributed by atoms with van der Waals surface area (Å²) in [5.74, 6) is -0.0868. The highest BCUT2D eigenvalue weighted by Gasteiger charge is 2.27. The van der Waals surface area contributed by atoms with E-state index in [4.69, 9.17) is 0 Å². The van der Waals surface area contributed by atoms with Crippen LogP contribution in [-0.4, -0.2) is 43.3 Å². The van der Waals surface area contributed by atoms with Gasteiger partial charge in [-0.1, -0.05) is 0 Å². The Morgan fingerprint density at radius 3 is 2.57 bits per heavy atom. The molecule has 1 amide bonds. The molecule has 2 aromatic rings. The first kappa shape index (κ1) is 16.0. The molecule has 0 spiro atoms. The van der Waals surface area contributed by atoms with Crippen molar-refractivity contribution >= 4 is 26.8 Å². The van der Waals surface area contributed by atoms with Gasteiger partial charge in [0.1, 0.15) is 6.04 Å². The van der Waals surface area contributed by atoms with Crippen molar-refractivity contribution in [2.24, 2.45) is 0 Å². The molecule has 1 N–H and O–H groups in total. The van der Waals surface area contributed by atoms with Crippen LogP contribution in [0.4, 0.5) is 0 Å². The average Bonchev–Trinajstić information content (AvgIpc) is 3.22. The van der Waals surface area contributed by atoms with Gasteiger partial charge < -0.3 is 9.88 Å². The van der Waals surface area contributed by atoms with Crippen molar-refractivity contribution in [3.63, 3.8) is 0 Å². The molecule has 1 aromatic heterocycles.